The van der Waals surface area contributed by atoms with E-state index in [0.717, 1.165) is 31.6 Å². The molecule has 3 atom stereocenters. The number of fused-ring (bicyclic) bond motifs is 2. The lowest BCUT2D eigenvalue weighted by atomic mass is 9.91. The summed E-state index contributed by atoms with van der Waals surface area (Å²) in [5, 5.41) is 6.60. The van der Waals surface area contributed by atoms with Crippen LogP contribution in [-0.4, -0.2) is 49.1 Å². The van der Waals surface area contributed by atoms with Crippen LogP contribution in [0.3, 0.4) is 0 Å². The van der Waals surface area contributed by atoms with Crippen LogP contribution in [0.2, 0.25) is 0 Å². The first-order chi connectivity index (χ1) is 9.74. The maximum atomic E-state index is 12.3. The molecule has 0 radical (unpaired) electrons. The molecule has 2 bridgehead atoms. The van der Waals surface area contributed by atoms with Gasteiger partial charge in [0, 0.05) is 18.6 Å². The minimum Gasteiger partial charge on any atom is -0.354 e. The predicted molar refractivity (Wildman–Crippen MR) is 80.6 cm³/mol. The van der Waals surface area contributed by atoms with E-state index >= 15 is 0 Å². The largest absolute Gasteiger partial charge is 0.354 e. The third kappa shape index (κ3) is 3.17. The molecule has 0 aromatic rings. The Labute approximate surface area is 122 Å². The second-order valence-corrected chi connectivity index (χ2v) is 6.99. The molecular formula is C16H29N3O. The molecule has 4 heteroatoms. The molecule has 4 nitrogen and oxygen atoms in total. The summed E-state index contributed by atoms with van der Waals surface area (Å²) in [5.41, 5.74) is 0. The SMILES string of the molecule is CN1C2CCC1CC(CNC(=O)C1CCCCCN1)C2. The Morgan fingerprint density at radius 3 is 2.65 bits per heavy atom. The predicted octanol–water partition coefficient (Wildman–Crippen LogP) is 1.51. The monoisotopic (exact) mass is 279 g/mol. The van der Waals surface area contributed by atoms with Crippen molar-refractivity contribution in [1.29, 1.82) is 0 Å². The second-order valence-electron chi connectivity index (χ2n) is 6.99. The zero-order chi connectivity index (χ0) is 13.9. The van der Waals surface area contributed by atoms with Gasteiger partial charge in [0.25, 0.3) is 0 Å². The van der Waals surface area contributed by atoms with Crippen molar-refractivity contribution in [3.8, 4) is 0 Å². The van der Waals surface area contributed by atoms with Gasteiger partial charge >= 0.3 is 0 Å². The standard InChI is InChI=1S/C16H29N3O/c1-19-13-6-7-14(19)10-12(9-13)11-18-16(20)15-5-3-2-4-8-17-15/h12-15,17H,2-11H2,1H3,(H,18,20). The maximum absolute atomic E-state index is 12.3. The van der Waals surface area contributed by atoms with E-state index in [1.807, 2.05) is 0 Å². The number of hydrogen-bond acceptors (Lipinski definition) is 3. The van der Waals surface area contributed by atoms with E-state index in [9.17, 15) is 4.79 Å². The molecule has 0 aromatic heterocycles. The zero-order valence-corrected chi connectivity index (χ0v) is 12.7. The van der Waals surface area contributed by atoms with Crippen molar-refractivity contribution in [2.24, 2.45) is 5.92 Å². The molecule has 3 aliphatic heterocycles. The van der Waals surface area contributed by atoms with Gasteiger partial charge in [0.1, 0.15) is 0 Å². The molecule has 3 unspecified atom stereocenters. The number of nitrogens with zero attached hydrogens (tertiary/aromatic N) is 1. The van der Waals surface area contributed by atoms with Gasteiger partial charge in [-0.25, -0.2) is 0 Å². The van der Waals surface area contributed by atoms with Gasteiger partial charge in [-0.1, -0.05) is 12.8 Å². The van der Waals surface area contributed by atoms with Gasteiger partial charge in [-0.15, -0.1) is 0 Å². The lowest BCUT2D eigenvalue weighted by Crippen LogP contribution is -2.47. The van der Waals surface area contributed by atoms with E-state index in [1.165, 1.54) is 44.9 Å². The van der Waals surface area contributed by atoms with Gasteiger partial charge in [0.05, 0.1) is 6.04 Å². The van der Waals surface area contributed by atoms with Gasteiger partial charge in [0.15, 0.2) is 0 Å². The zero-order valence-electron chi connectivity index (χ0n) is 12.7. The normalized spacial score (nSPS) is 38.5. The molecule has 1 amide bonds. The summed E-state index contributed by atoms with van der Waals surface area (Å²) in [6.07, 6.45) is 9.91. The number of nitrogens with one attached hydrogen (secondary N) is 2. The Balaban J connectivity index is 1.44. The average Bonchev–Trinajstić information content (AvgIpc) is 2.74. The number of amides is 1. The average molecular weight is 279 g/mol. The first kappa shape index (κ1) is 14.3. The highest BCUT2D eigenvalue weighted by Gasteiger charge is 2.38. The summed E-state index contributed by atoms with van der Waals surface area (Å²) in [5.74, 6) is 0.927. The van der Waals surface area contributed by atoms with Crippen molar-refractivity contribution in [3.63, 3.8) is 0 Å². The number of hydrogen-bond donors (Lipinski definition) is 2. The van der Waals surface area contributed by atoms with E-state index in [4.69, 9.17) is 0 Å². The smallest absolute Gasteiger partial charge is 0.237 e. The molecule has 0 saturated carbocycles. The molecular weight excluding hydrogens is 250 g/mol. The van der Waals surface area contributed by atoms with Crippen LogP contribution in [0.25, 0.3) is 0 Å². The van der Waals surface area contributed by atoms with Crippen LogP contribution in [0.4, 0.5) is 0 Å². The van der Waals surface area contributed by atoms with Crippen LogP contribution in [0.1, 0.15) is 51.4 Å². The Morgan fingerprint density at radius 1 is 1.15 bits per heavy atom. The summed E-state index contributed by atoms with van der Waals surface area (Å²) in [6.45, 7) is 1.88. The van der Waals surface area contributed by atoms with Crippen LogP contribution in [0.5, 0.6) is 0 Å². The summed E-state index contributed by atoms with van der Waals surface area (Å²) < 4.78 is 0. The van der Waals surface area contributed by atoms with Crippen molar-refractivity contribution >= 4 is 5.91 Å². The van der Waals surface area contributed by atoms with Crippen LogP contribution in [0, 0.1) is 5.92 Å². The molecule has 2 N–H and O–H groups in total. The molecule has 3 heterocycles. The number of carbonyl (C=O) groups is 1. The van der Waals surface area contributed by atoms with Crippen LogP contribution in [0.15, 0.2) is 0 Å². The Hall–Kier alpha value is -0.610. The third-order valence-corrected chi connectivity index (χ3v) is 5.64. The first-order valence-corrected chi connectivity index (χ1v) is 8.47. The molecule has 3 saturated heterocycles. The number of rotatable bonds is 3. The topological polar surface area (TPSA) is 44.4 Å². The Morgan fingerprint density at radius 2 is 1.90 bits per heavy atom. The van der Waals surface area contributed by atoms with Crippen LogP contribution in [-0.2, 0) is 4.79 Å². The lowest BCUT2D eigenvalue weighted by molar-refractivity contribution is -0.123. The van der Waals surface area contributed by atoms with E-state index in [1.54, 1.807) is 0 Å². The molecule has 3 fully saturated rings. The summed E-state index contributed by atoms with van der Waals surface area (Å²) in [6, 6.07) is 1.60. The molecule has 114 valence electrons. The second kappa shape index (κ2) is 6.44. The summed E-state index contributed by atoms with van der Waals surface area (Å²) in [7, 11) is 2.27. The highest BCUT2D eigenvalue weighted by Crippen LogP contribution is 2.36. The van der Waals surface area contributed by atoms with E-state index in [0.29, 0.717) is 5.92 Å². The number of carbonyl (C=O) groups excluding carboxylic acids is 1. The highest BCUT2D eigenvalue weighted by atomic mass is 16.2. The van der Waals surface area contributed by atoms with Crippen molar-refractivity contribution < 1.29 is 4.79 Å². The van der Waals surface area contributed by atoms with Gasteiger partial charge < -0.3 is 15.5 Å². The van der Waals surface area contributed by atoms with E-state index in [-0.39, 0.29) is 11.9 Å². The van der Waals surface area contributed by atoms with Crippen LogP contribution < -0.4 is 10.6 Å². The quantitative estimate of drug-likeness (QED) is 0.823. The molecule has 0 aliphatic carbocycles. The van der Waals surface area contributed by atoms with Gasteiger partial charge in [-0.2, -0.15) is 0 Å². The fraction of sp³-hybridized carbons (Fsp3) is 0.938. The molecule has 0 aromatic carbocycles. The minimum absolute atomic E-state index is 0.0560. The van der Waals surface area contributed by atoms with Gasteiger partial charge in [0.2, 0.25) is 5.91 Å². The van der Waals surface area contributed by atoms with E-state index < -0.39 is 0 Å². The van der Waals surface area contributed by atoms with Crippen molar-refractivity contribution in [2.75, 3.05) is 20.1 Å². The molecule has 20 heavy (non-hydrogen) atoms. The van der Waals surface area contributed by atoms with Crippen molar-refractivity contribution in [3.05, 3.63) is 0 Å². The highest BCUT2D eigenvalue weighted by molar-refractivity contribution is 5.81. The molecule has 3 aliphatic rings. The molecule has 0 spiro atoms. The maximum Gasteiger partial charge on any atom is 0.237 e. The Kier molecular flexibility index (Phi) is 4.61. The van der Waals surface area contributed by atoms with Crippen molar-refractivity contribution in [1.82, 2.24) is 15.5 Å². The summed E-state index contributed by atoms with van der Waals surface area (Å²) >= 11 is 0. The van der Waals surface area contributed by atoms with Crippen molar-refractivity contribution in [2.45, 2.75) is 69.5 Å². The van der Waals surface area contributed by atoms with Crippen LogP contribution >= 0.6 is 0 Å². The Bertz CT molecular complexity index is 325. The summed E-state index contributed by atoms with van der Waals surface area (Å²) in [4.78, 5) is 14.8. The number of piperidine rings is 1. The van der Waals surface area contributed by atoms with Gasteiger partial charge in [-0.3, -0.25) is 4.79 Å². The fourth-order valence-electron chi connectivity index (χ4n) is 4.31. The first-order valence-electron chi connectivity index (χ1n) is 8.47. The minimum atomic E-state index is 0.0560. The lowest BCUT2D eigenvalue weighted by Gasteiger charge is -2.36. The van der Waals surface area contributed by atoms with E-state index in [2.05, 4.69) is 22.6 Å². The molecule has 3 rings (SSSR count). The van der Waals surface area contributed by atoms with Gasteiger partial charge in [-0.05, 0) is 58.0 Å². The fourth-order valence-corrected chi connectivity index (χ4v) is 4.31. The third-order valence-electron chi connectivity index (χ3n) is 5.64.